The molecule has 3 rings (SSSR count). The van der Waals surface area contributed by atoms with Crippen LogP contribution >= 0.6 is 0 Å². The van der Waals surface area contributed by atoms with Crippen LogP contribution in [0.3, 0.4) is 0 Å². The molecule has 0 aliphatic carbocycles. The van der Waals surface area contributed by atoms with E-state index in [9.17, 15) is 5.11 Å². The van der Waals surface area contributed by atoms with Crippen LogP contribution in [-0.4, -0.2) is 37.9 Å². The van der Waals surface area contributed by atoms with E-state index in [1.54, 1.807) is 21.3 Å². The van der Waals surface area contributed by atoms with Crippen molar-refractivity contribution in [3.05, 3.63) is 46.5 Å². The Morgan fingerprint density at radius 2 is 1.65 bits per heavy atom. The first-order valence-electron chi connectivity index (χ1n) is 8.94. The van der Waals surface area contributed by atoms with Crippen molar-refractivity contribution in [2.24, 2.45) is 0 Å². The third kappa shape index (κ3) is 3.58. The van der Waals surface area contributed by atoms with Gasteiger partial charge in [0.15, 0.2) is 11.5 Å². The maximum absolute atomic E-state index is 10.1. The lowest BCUT2D eigenvalue weighted by atomic mass is 9.95. The van der Waals surface area contributed by atoms with E-state index in [0.717, 1.165) is 43.6 Å². The number of phenolic OH excluding ortho intramolecular Hbond substituents is 1. The number of aromatic hydroxyl groups is 1. The highest BCUT2D eigenvalue weighted by Gasteiger charge is 2.20. The normalized spacial score (nSPS) is 14.0. The van der Waals surface area contributed by atoms with Gasteiger partial charge >= 0.3 is 0 Å². The van der Waals surface area contributed by atoms with Gasteiger partial charge < -0.3 is 19.3 Å². The van der Waals surface area contributed by atoms with Crippen LogP contribution in [0.4, 0.5) is 0 Å². The molecular formula is C21H27NO4. The lowest BCUT2D eigenvalue weighted by Crippen LogP contribution is -2.30. The van der Waals surface area contributed by atoms with E-state index in [1.807, 2.05) is 18.2 Å². The van der Waals surface area contributed by atoms with Gasteiger partial charge in [-0.3, -0.25) is 4.90 Å². The molecule has 140 valence electrons. The van der Waals surface area contributed by atoms with Gasteiger partial charge in [0.25, 0.3) is 0 Å². The first-order valence-corrected chi connectivity index (χ1v) is 8.94. The molecule has 0 spiro atoms. The van der Waals surface area contributed by atoms with Gasteiger partial charge in [-0.15, -0.1) is 0 Å². The van der Waals surface area contributed by atoms with Crippen LogP contribution in [0, 0.1) is 0 Å². The summed E-state index contributed by atoms with van der Waals surface area (Å²) < 4.78 is 16.3. The summed E-state index contributed by atoms with van der Waals surface area (Å²) in [5.41, 5.74) is 4.69. The lowest BCUT2D eigenvalue weighted by Gasteiger charge is -2.29. The van der Waals surface area contributed by atoms with E-state index < -0.39 is 0 Å². The molecule has 2 aromatic rings. The van der Waals surface area contributed by atoms with Gasteiger partial charge in [-0.1, -0.05) is 13.0 Å². The molecule has 0 amide bonds. The fourth-order valence-electron chi connectivity index (χ4n) is 3.61. The van der Waals surface area contributed by atoms with Gasteiger partial charge in [-0.05, 0) is 53.3 Å². The molecule has 1 aliphatic heterocycles. The molecule has 0 unspecified atom stereocenters. The number of rotatable bonds is 6. The number of nitrogens with zero attached hydrogens (tertiary/aromatic N) is 1. The molecule has 2 aromatic carbocycles. The molecule has 0 saturated heterocycles. The Morgan fingerprint density at radius 3 is 2.23 bits per heavy atom. The molecule has 1 N–H and O–H groups in total. The summed E-state index contributed by atoms with van der Waals surface area (Å²) in [7, 11) is 4.89. The monoisotopic (exact) mass is 357 g/mol. The molecule has 26 heavy (non-hydrogen) atoms. The molecule has 0 saturated carbocycles. The Hall–Kier alpha value is -2.40. The smallest absolute Gasteiger partial charge is 0.203 e. The van der Waals surface area contributed by atoms with Gasteiger partial charge in [-0.2, -0.15) is 0 Å². The Bertz CT molecular complexity index is 763. The molecular weight excluding hydrogens is 330 g/mol. The second-order valence-corrected chi connectivity index (χ2v) is 6.60. The highest BCUT2D eigenvalue weighted by Crippen LogP contribution is 2.39. The van der Waals surface area contributed by atoms with Crippen LogP contribution in [0.25, 0.3) is 0 Å². The standard InChI is InChI=1S/C21H27NO4/c1-5-15-10-17-13-22(7-6-16(17)11-18(15)23)12-14-8-19(24-2)21(26-4)20(9-14)25-3/h8-11,23H,5-7,12-13H2,1-4H3. The molecule has 5 heteroatoms. The number of hydrogen-bond donors (Lipinski definition) is 1. The van der Waals surface area contributed by atoms with Crippen LogP contribution in [-0.2, 0) is 25.9 Å². The Balaban J connectivity index is 1.82. The van der Waals surface area contributed by atoms with Crippen LogP contribution in [0.1, 0.15) is 29.2 Å². The predicted molar refractivity (Wildman–Crippen MR) is 101 cm³/mol. The SMILES string of the molecule is CCc1cc2c(cc1O)CCN(Cc1cc(OC)c(OC)c(OC)c1)C2. The van der Waals surface area contributed by atoms with Crippen LogP contribution < -0.4 is 14.2 Å². The van der Waals surface area contributed by atoms with Gasteiger partial charge in [0.05, 0.1) is 21.3 Å². The fourth-order valence-corrected chi connectivity index (χ4v) is 3.61. The van der Waals surface area contributed by atoms with E-state index in [-0.39, 0.29) is 0 Å². The molecule has 1 heterocycles. The lowest BCUT2D eigenvalue weighted by molar-refractivity contribution is 0.243. The second-order valence-electron chi connectivity index (χ2n) is 6.60. The Kier molecular flexibility index (Phi) is 5.57. The van der Waals surface area contributed by atoms with E-state index >= 15 is 0 Å². The fraction of sp³-hybridized carbons (Fsp3) is 0.429. The van der Waals surface area contributed by atoms with Crippen molar-refractivity contribution in [2.45, 2.75) is 32.9 Å². The largest absolute Gasteiger partial charge is 0.508 e. The summed E-state index contributed by atoms with van der Waals surface area (Å²) in [6.45, 7) is 4.70. The zero-order chi connectivity index (χ0) is 18.7. The van der Waals surface area contributed by atoms with E-state index in [4.69, 9.17) is 14.2 Å². The van der Waals surface area contributed by atoms with Gasteiger partial charge in [0, 0.05) is 19.6 Å². The highest BCUT2D eigenvalue weighted by atomic mass is 16.5. The second kappa shape index (κ2) is 7.87. The summed E-state index contributed by atoms with van der Waals surface area (Å²) in [6, 6.07) is 8.09. The van der Waals surface area contributed by atoms with Crippen molar-refractivity contribution in [2.75, 3.05) is 27.9 Å². The van der Waals surface area contributed by atoms with Gasteiger partial charge in [0.2, 0.25) is 5.75 Å². The Labute approximate surface area is 155 Å². The van der Waals surface area contributed by atoms with Crippen LogP contribution in [0.15, 0.2) is 24.3 Å². The number of methoxy groups -OCH3 is 3. The van der Waals surface area contributed by atoms with Crippen LogP contribution in [0.5, 0.6) is 23.0 Å². The molecule has 0 aromatic heterocycles. The quantitative estimate of drug-likeness (QED) is 0.857. The van der Waals surface area contributed by atoms with E-state index in [2.05, 4.69) is 17.9 Å². The average Bonchev–Trinajstić information content (AvgIpc) is 2.66. The third-order valence-electron chi connectivity index (χ3n) is 5.00. The number of ether oxygens (including phenoxy) is 3. The molecule has 0 atom stereocenters. The van der Waals surface area contributed by atoms with Crippen LogP contribution in [0.2, 0.25) is 0 Å². The number of benzene rings is 2. The number of fused-ring (bicyclic) bond motifs is 1. The maximum atomic E-state index is 10.1. The first-order chi connectivity index (χ1) is 12.6. The van der Waals surface area contributed by atoms with Gasteiger partial charge in [0.1, 0.15) is 5.75 Å². The van der Waals surface area contributed by atoms with Gasteiger partial charge in [-0.25, -0.2) is 0 Å². The minimum atomic E-state index is 0.421. The number of hydrogen-bond acceptors (Lipinski definition) is 5. The highest BCUT2D eigenvalue weighted by molar-refractivity contribution is 5.54. The molecule has 1 aliphatic rings. The van der Waals surface area contributed by atoms with Crippen molar-refractivity contribution in [3.8, 4) is 23.0 Å². The summed E-state index contributed by atoms with van der Waals surface area (Å²) >= 11 is 0. The van der Waals surface area contributed by atoms with E-state index in [0.29, 0.717) is 23.0 Å². The number of aryl methyl sites for hydroxylation is 1. The van der Waals surface area contributed by atoms with Crippen molar-refractivity contribution in [1.82, 2.24) is 4.90 Å². The third-order valence-corrected chi connectivity index (χ3v) is 5.00. The maximum Gasteiger partial charge on any atom is 0.203 e. The summed E-state index contributed by atoms with van der Waals surface area (Å²) in [5.74, 6) is 2.39. The molecule has 0 radical (unpaired) electrons. The number of phenols is 1. The topological polar surface area (TPSA) is 51.2 Å². The zero-order valence-electron chi connectivity index (χ0n) is 16.0. The van der Waals surface area contributed by atoms with Crippen molar-refractivity contribution in [1.29, 1.82) is 0 Å². The molecule has 0 fully saturated rings. The minimum Gasteiger partial charge on any atom is -0.508 e. The Morgan fingerprint density at radius 1 is 0.962 bits per heavy atom. The summed E-state index contributed by atoms with van der Waals surface area (Å²) in [6.07, 6.45) is 1.78. The first kappa shape index (κ1) is 18.4. The van der Waals surface area contributed by atoms with Crippen molar-refractivity contribution in [3.63, 3.8) is 0 Å². The minimum absolute atomic E-state index is 0.421. The zero-order valence-corrected chi connectivity index (χ0v) is 16.0. The molecule has 5 nitrogen and oxygen atoms in total. The van der Waals surface area contributed by atoms with Crippen molar-refractivity contribution < 1.29 is 19.3 Å². The summed E-state index contributed by atoms with van der Waals surface area (Å²) in [4.78, 5) is 2.40. The summed E-state index contributed by atoms with van der Waals surface area (Å²) in [5, 5.41) is 10.1. The van der Waals surface area contributed by atoms with Crippen molar-refractivity contribution >= 4 is 0 Å². The van der Waals surface area contributed by atoms with E-state index in [1.165, 1.54) is 11.1 Å². The average molecular weight is 357 g/mol. The predicted octanol–water partition coefficient (Wildman–Crippen LogP) is 3.54. The molecule has 0 bridgehead atoms.